The molecule has 0 fully saturated rings. The molecular weight excluding hydrogens is 264 g/mol. The van der Waals surface area contributed by atoms with Crippen LogP contribution in [0.15, 0.2) is 66.8 Å². The average Bonchev–Trinajstić information content (AvgIpc) is 2.56. The Labute approximate surface area is 137 Å². The van der Waals surface area contributed by atoms with Gasteiger partial charge in [-0.05, 0) is 24.8 Å². The van der Waals surface area contributed by atoms with Crippen LogP contribution in [0.2, 0.25) is 0 Å². The maximum absolute atomic E-state index is 3.78. The molecule has 120 valence electrons. The number of aryl methyl sites for hydroxylation is 1. The van der Waals surface area contributed by atoms with E-state index in [4.69, 9.17) is 0 Å². The standard InChI is InChI=1S/C15H24.C7H8/c1-2-3-4-5-6-7-9-12-15-13-10-8-11-14-15;1-7-5-3-2-4-6-7/h8,10-11,13-14H,2-7,9,12H2,1H3;2-5H,1,6H2. The third-order valence-corrected chi connectivity index (χ3v) is 3.87. The molecule has 0 unspecified atom stereocenters. The second kappa shape index (κ2) is 13.1. The Morgan fingerprint density at radius 1 is 0.864 bits per heavy atom. The van der Waals surface area contributed by atoms with Crippen molar-refractivity contribution in [1.29, 1.82) is 0 Å². The Hall–Kier alpha value is -1.56. The van der Waals surface area contributed by atoms with Crippen molar-refractivity contribution in [2.45, 2.75) is 64.7 Å². The van der Waals surface area contributed by atoms with Crippen molar-refractivity contribution in [1.82, 2.24) is 0 Å². The highest BCUT2D eigenvalue weighted by atomic mass is 14.0. The molecule has 1 aromatic rings. The first-order valence-electron chi connectivity index (χ1n) is 8.88. The Morgan fingerprint density at radius 2 is 1.55 bits per heavy atom. The van der Waals surface area contributed by atoms with Gasteiger partial charge in [0.25, 0.3) is 0 Å². The van der Waals surface area contributed by atoms with E-state index in [-0.39, 0.29) is 0 Å². The van der Waals surface area contributed by atoms with E-state index in [1.165, 1.54) is 62.5 Å². The highest BCUT2D eigenvalue weighted by molar-refractivity contribution is 5.26. The van der Waals surface area contributed by atoms with Crippen LogP contribution in [0.25, 0.3) is 0 Å². The SMILES string of the molecule is C=C1C=CC=CC1.CCCCCCCCCc1ccccc1. The highest BCUT2D eigenvalue weighted by Crippen LogP contribution is 2.10. The molecule has 0 amide bonds. The number of hydrogen-bond donors (Lipinski definition) is 0. The molecule has 0 heteroatoms. The molecule has 2 rings (SSSR count). The number of hydrogen-bond acceptors (Lipinski definition) is 0. The van der Waals surface area contributed by atoms with Crippen molar-refractivity contribution in [2.24, 2.45) is 0 Å². The summed E-state index contributed by atoms with van der Waals surface area (Å²) in [5, 5.41) is 0. The van der Waals surface area contributed by atoms with Gasteiger partial charge in [0.05, 0.1) is 0 Å². The normalized spacial score (nSPS) is 12.9. The van der Waals surface area contributed by atoms with E-state index >= 15 is 0 Å². The summed E-state index contributed by atoms with van der Waals surface area (Å²) in [6.07, 6.45) is 20.3. The van der Waals surface area contributed by atoms with E-state index in [0.717, 1.165) is 6.42 Å². The van der Waals surface area contributed by atoms with Crippen LogP contribution in [0, 0.1) is 0 Å². The van der Waals surface area contributed by atoms with E-state index in [2.05, 4.69) is 49.9 Å². The minimum atomic E-state index is 1.02. The molecule has 0 heterocycles. The second-order valence-corrected chi connectivity index (χ2v) is 6.01. The van der Waals surface area contributed by atoms with Gasteiger partial charge in [-0.25, -0.2) is 0 Å². The summed E-state index contributed by atoms with van der Waals surface area (Å²) >= 11 is 0. The monoisotopic (exact) mass is 296 g/mol. The van der Waals surface area contributed by atoms with Gasteiger partial charge in [0.1, 0.15) is 0 Å². The van der Waals surface area contributed by atoms with E-state index < -0.39 is 0 Å². The molecule has 0 bridgehead atoms. The largest absolute Gasteiger partial charge is 0.0955 e. The molecule has 0 nitrogen and oxygen atoms in total. The van der Waals surface area contributed by atoms with Gasteiger partial charge in [0.15, 0.2) is 0 Å². The molecule has 0 aliphatic heterocycles. The fraction of sp³-hybridized carbons (Fsp3) is 0.455. The smallest absolute Gasteiger partial charge is 0.0100 e. The molecule has 1 aliphatic carbocycles. The quantitative estimate of drug-likeness (QED) is 0.451. The van der Waals surface area contributed by atoms with Crippen molar-refractivity contribution >= 4 is 0 Å². The third-order valence-electron chi connectivity index (χ3n) is 3.87. The predicted octanol–water partition coefficient (Wildman–Crippen LogP) is 7.04. The van der Waals surface area contributed by atoms with Crippen LogP contribution in [0.5, 0.6) is 0 Å². The zero-order chi connectivity index (χ0) is 15.9. The maximum atomic E-state index is 3.78. The van der Waals surface area contributed by atoms with Crippen molar-refractivity contribution in [3.05, 3.63) is 72.4 Å². The molecule has 0 aromatic heterocycles. The van der Waals surface area contributed by atoms with Gasteiger partial charge in [0, 0.05) is 0 Å². The van der Waals surface area contributed by atoms with Crippen LogP contribution in [0.1, 0.15) is 63.9 Å². The minimum Gasteiger partial charge on any atom is -0.0955 e. The highest BCUT2D eigenvalue weighted by Gasteiger charge is 1.93. The molecule has 0 radical (unpaired) electrons. The summed E-state index contributed by atoms with van der Waals surface area (Å²) in [5.74, 6) is 0. The third kappa shape index (κ3) is 10.2. The van der Waals surface area contributed by atoms with Crippen molar-refractivity contribution in [3.8, 4) is 0 Å². The van der Waals surface area contributed by atoms with Crippen LogP contribution in [0.4, 0.5) is 0 Å². The number of allylic oxidation sites excluding steroid dienone is 5. The van der Waals surface area contributed by atoms with Crippen LogP contribution in [-0.4, -0.2) is 0 Å². The first kappa shape index (κ1) is 18.5. The first-order chi connectivity index (χ1) is 10.8. The van der Waals surface area contributed by atoms with Crippen molar-refractivity contribution in [3.63, 3.8) is 0 Å². The van der Waals surface area contributed by atoms with Crippen molar-refractivity contribution < 1.29 is 0 Å². The molecule has 0 saturated heterocycles. The van der Waals surface area contributed by atoms with Crippen LogP contribution in [-0.2, 0) is 6.42 Å². The Kier molecular flexibility index (Phi) is 11.0. The number of unbranched alkanes of at least 4 members (excludes halogenated alkanes) is 6. The Bertz CT molecular complexity index is 436. The molecule has 0 N–H and O–H groups in total. The summed E-state index contributed by atoms with van der Waals surface area (Å²) in [6, 6.07) is 10.8. The van der Waals surface area contributed by atoms with Gasteiger partial charge in [-0.2, -0.15) is 0 Å². The fourth-order valence-corrected chi connectivity index (χ4v) is 2.49. The zero-order valence-corrected chi connectivity index (χ0v) is 14.3. The van der Waals surface area contributed by atoms with Crippen LogP contribution < -0.4 is 0 Å². The lowest BCUT2D eigenvalue weighted by molar-refractivity contribution is 0.589. The van der Waals surface area contributed by atoms with Gasteiger partial charge >= 0.3 is 0 Å². The summed E-state index contributed by atoms with van der Waals surface area (Å²) in [7, 11) is 0. The molecular formula is C22H32. The minimum absolute atomic E-state index is 1.02. The molecule has 22 heavy (non-hydrogen) atoms. The number of rotatable bonds is 8. The van der Waals surface area contributed by atoms with E-state index in [0.29, 0.717) is 0 Å². The van der Waals surface area contributed by atoms with Gasteiger partial charge < -0.3 is 0 Å². The lowest BCUT2D eigenvalue weighted by Crippen LogP contribution is -1.85. The average molecular weight is 296 g/mol. The summed E-state index contributed by atoms with van der Waals surface area (Å²) in [5.41, 5.74) is 2.69. The second-order valence-electron chi connectivity index (χ2n) is 6.01. The maximum Gasteiger partial charge on any atom is -0.0100 e. The van der Waals surface area contributed by atoms with Crippen LogP contribution in [0.3, 0.4) is 0 Å². The van der Waals surface area contributed by atoms with E-state index in [1.807, 2.05) is 18.2 Å². The molecule has 0 spiro atoms. The Balaban J connectivity index is 0.000000287. The summed E-state index contributed by atoms with van der Waals surface area (Å²) in [6.45, 7) is 6.05. The lowest BCUT2D eigenvalue weighted by Gasteiger charge is -2.01. The molecule has 0 saturated carbocycles. The van der Waals surface area contributed by atoms with Crippen LogP contribution >= 0.6 is 0 Å². The predicted molar refractivity (Wildman–Crippen MR) is 100 cm³/mol. The topological polar surface area (TPSA) is 0 Å². The zero-order valence-electron chi connectivity index (χ0n) is 14.3. The molecule has 0 atom stereocenters. The first-order valence-corrected chi connectivity index (χ1v) is 8.88. The van der Waals surface area contributed by atoms with Gasteiger partial charge in [-0.3, -0.25) is 0 Å². The molecule has 1 aromatic carbocycles. The van der Waals surface area contributed by atoms with Gasteiger partial charge in [-0.15, -0.1) is 0 Å². The van der Waals surface area contributed by atoms with E-state index in [1.54, 1.807) is 0 Å². The summed E-state index contributed by atoms with van der Waals surface area (Å²) < 4.78 is 0. The van der Waals surface area contributed by atoms with Crippen molar-refractivity contribution in [2.75, 3.05) is 0 Å². The van der Waals surface area contributed by atoms with Gasteiger partial charge in [-0.1, -0.05) is 112 Å². The Morgan fingerprint density at radius 3 is 2.09 bits per heavy atom. The lowest BCUT2D eigenvalue weighted by atomic mass is 10.0. The number of benzene rings is 1. The fourth-order valence-electron chi connectivity index (χ4n) is 2.49. The van der Waals surface area contributed by atoms with Gasteiger partial charge in [0.2, 0.25) is 0 Å². The van der Waals surface area contributed by atoms with E-state index in [9.17, 15) is 0 Å². The summed E-state index contributed by atoms with van der Waals surface area (Å²) in [4.78, 5) is 0. The molecule has 1 aliphatic rings.